The number of amides is 2. The van der Waals surface area contributed by atoms with Crippen LogP contribution in [0.15, 0.2) is 11.6 Å². The normalized spacial score (nSPS) is 20.9. The highest BCUT2D eigenvalue weighted by Gasteiger charge is 2.33. The van der Waals surface area contributed by atoms with Crippen LogP contribution in [0.3, 0.4) is 0 Å². The highest BCUT2D eigenvalue weighted by Crippen LogP contribution is 2.20. The zero-order chi connectivity index (χ0) is 10.8. The van der Waals surface area contributed by atoms with Crippen LogP contribution in [-0.2, 0) is 16.1 Å². The molecule has 2 rings (SSSR count). The Kier molecular flexibility index (Phi) is 2.68. The van der Waals surface area contributed by atoms with E-state index in [1.54, 1.807) is 11.1 Å². The fourth-order valence-corrected chi connectivity index (χ4v) is 2.24. The lowest BCUT2D eigenvalue weighted by Crippen LogP contribution is -2.28. The molecule has 0 aromatic carbocycles. The van der Waals surface area contributed by atoms with Gasteiger partial charge in [0.1, 0.15) is 5.01 Å². The van der Waals surface area contributed by atoms with Gasteiger partial charge in [-0.05, 0) is 0 Å². The first kappa shape index (κ1) is 10.1. The minimum absolute atomic E-state index is 0.0194. The van der Waals surface area contributed by atoms with Crippen molar-refractivity contribution in [1.82, 2.24) is 9.88 Å². The summed E-state index contributed by atoms with van der Waals surface area (Å²) >= 11 is 1.50. The molecule has 1 saturated heterocycles. The van der Waals surface area contributed by atoms with Crippen molar-refractivity contribution in [1.29, 1.82) is 0 Å². The molecule has 1 aromatic rings. The zero-order valence-corrected chi connectivity index (χ0v) is 8.87. The van der Waals surface area contributed by atoms with E-state index in [0.717, 1.165) is 5.01 Å². The molecular formula is C9H11N3O2S. The highest BCUT2D eigenvalue weighted by molar-refractivity contribution is 7.09. The Bertz CT molecular complexity index is 377. The van der Waals surface area contributed by atoms with Crippen molar-refractivity contribution in [3.05, 3.63) is 16.6 Å². The van der Waals surface area contributed by atoms with Crippen LogP contribution in [0, 0.1) is 5.92 Å². The molecule has 6 heteroatoms. The molecule has 1 aromatic heterocycles. The molecule has 0 bridgehead atoms. The number of likely N-dealkylation sites (tertiary alicyclic amines) is 1. The van der Waals surface area contributed by atoms with E-state index in [-0.39, 0.29) is 18.2 Å². The monoisotopic (exact) mass is 225 g/mol. The van der Waals surface area contributed by atoms with E-state index in [2.05, 4.69) is 4.98 Å². The number of carbonyl (C=O) groups excluding carboxylic acids is 2. The summed E-state index contributed by atoms with van der Waals surface area (Å²) in [7, 11) is 0. The smallest absolute Gasteiger partial charge is 0.223 e. The molecule has 2 heterocycles. The molecule has 1 atom stereocenters. The summed E-state index contributed by atoms with van der Waals surface area (Å²) in [4.78, 5) is 28.2. The Morgan fingerprint density at radius 2 is 2.53 bits per heavy atom. The molecule has 1 fully saturated rings. The lowest BCUT2D eigenvalue weighted by atomic mass is 10.1. The minimum Gasteiger partial charge on any atom is -0.369 e. The van der Waals surface area contributed by atoms with Crippen molar-refractivity contribution < 1.29 is 9.59 Å². The van der Waals surface area contributed by atoms with Gasteiger partial charge in [0.15, 0.2) is 0 Å². The van der Waals surface area contributed by atoms with Crippen LogP contribution < -0.4 is 5.73 Å². The lowest BCUT2D eigenvalue weighted by molar-refractivity contribution is -0.128. The molecule has 80 valence electrons. The number of thiazole rings is 1. The number of nitrogens with two attached hydrogens (primary N) is 1. The number of rotatable bonds is 3. The van der Waals surface area contributed by atoms with E-state index in [4.69, 9.17) is 5.73 Å². The summed E-state index contributed by atoms with van der Waals surface area (Å²) in [5.74, 6) is -0.753. The molecular weight excluding hydrogens is 214 g/mol. The van der Waals surface area contributed by atoms with Crippen LogP contribution in [0.2, 0.25) is 0 Å². The summed E-state index contributed by atoms with van der Waals surface area (Å²) in [5.41, 5.74) is 5.16. The SMILES string of the molecule is NC(=O)C1CC(=O)N(Cc2nccs2)C1. The summed E-state index contributed by atoms with van der Waals surface area (Å²) in [6.45, 7) is 0.911. The first-order chi connectivity index (χ1) is 7.16. The van der Waals surface area contributed by atoms with Crippen molar-refractivity contribution in [3.63, 3.8) is 0 Å². The van der Waals surface area contributed by atoms with Gasteiger partial charge in [0, 0.05) is 24.5 Å². The van der Waals surface area contributed by atoms with E-state index in [0.29, 0.717) is 13.1 Å². The quantitative estimate of drug-likeness (QED) is 0.785. The first-order valence-electron chi connectivity index (χ1n) is 4.62. The van der Waals surface area contributed by atoms with Crippen molar-refractivity contribution in [2.45, 2.75) is 13.0 Å². The van der Waals surface area contributed by atoms with E-state index in [1.807, 2.05) is 5.38 Å². The molecule has 1 aliphatic rings. The Labute approximate surface area is 90.9 Å². The summed E-state index contributed by atoms with van der Waals surface area (Å²) in [6.07, 6.45) is 1.94. The van der Waals surface area contributed by atoms with Crippen molar-refractivity contribution in [2.24, 2.45) is 11.7 Å². The summed E-state index contributed by atoms with van der Waals surface area (Å²) in [5, 5.41) is 2.75. The minimum atomic E-state index is -0.398. The van der Waals surface area contributed by atoms with E-state index < -0.39 is 5.91 Å². The Morgan fingerprint density at radius 3 is 3.07 bits per heavy atom. The number of hydrogen-bond acceptors (Lipinski definition) is 4. The second-order valence-corrected chi connectivity index (χ2v) is 4.48. The van der Waals surface area contributed by atoms with Gasteiger partial charge >= 0.3 is 0 Å². The lowest BCUT2D eigenvalue weighted by Gasteiger charge is -2.13. The maximum atomic E-state index is 11.5. The molecule has 2 N–H and O–H groups in total. The summed E-state index contributed by atoms with van der Waals surface area (Å²) in [6, 6.07) is 0. The molecule has 1 aliphatic heterocycles. The molecule has 5 nitrogen and oxygen atoms in total. The number of primary amides is 1. The van der Waals surface area contributed by atoms with Gasteiger partial charge in [-0.2, -0.15) is 0 Å². The van der Waals surface area contributed by atoms with Gasteiger partial charge in [-0.3, -0.25) is 9.59 Å². The third kappa shape index (κ3) is 2.15. The third-order valence-electron chi connectivity index (χ3n) is 2.43. The molecule has 0 saturated carbocycles. The largest absolute Gasteiger partial charge is 0.369 e. The number of hydrogen-bond donors (Lipinski definition) is 1. The predicted molar refractivity (Wildman–Crippen MR) is 54.8 cm³/mol. The van der Waals surface area contributed by atoms with Gasteiger partial charge in [-0.25, -0.2) is 4.98 Å². The van der Waals surface area contributed by atoms with Crippen LogP contribution in [0.5, 0.6) is 0 Å². The Hall–Kier alpha value is -1.43. The van der Waals surface area contributed by atoms with Gasteiger partial charge in [0.25, 0.3) is 0 Å². The fraction of sp³-hybridized carbons (Fsp3) is 0.444. The van der Waals surface area contributed by atoms with E-state index in [9.17, 15) is 9.59 Å². The predicted octanol–water partition coefficient (Wildman–Crippen LogP) is -0.0231. The zero-order valence-electron chi connectivity index (χ0n) is 8.05. The van der Waals surface area contributed by atoms with E-state index in [1.165, 1.54) is 11.3 Å². The van der Waals surface area contributed by atoms with Gasteiger partial charge in [-0.15, -0.1) is 11.3 Å². The van der Waals surface area contributed by atoms with E-state index >= 15 is 0 Å². The van der Waals surface area contributed by atoms with Crippen LogP contribution in [0.1, 0.15) is 11.4 Å². The molecule has 15 heavy (non-hydrogen) atoms. The van der Waals surface area contributed by atoms with Gasteiger partial charge < -0.3 is 10.6 Å². The number of nitrogens with zero attached hydrogens (tertiary/aromatic N) is 2. The van der Waals surface area contributed by atoms with Crippen LogP contribution >= 0.6 is 11.3 Å². The second kappa shape index (κ2) is 3.98. The molecule has 0 radical (unpaired) electrons. The Morgan fingerprint density at radius 1 is 1.73 bits per heavy atom. The molecule has 0 spiro atoms. The van der Waals surface area contributed by atoms with Gasteiger partial charge in [0.2, 0.25) is 11.8 Å². The maximum absolute atomic E-state index is 11.5. The topological polar surface area (TPSA) is 76.3 Å². The van der Waals surface area contributed by atoms with Crippen molar-refractivity contribution >= 4 is 23.2 Å². The maximum Gasteiger partial charge on any atom is 0.223 e. The van der Waals surface area contributed by atoms with Gasteiger partial charge in [0.05, 0.1) is 12.5 Å². The average Bonchev–Trinajstić information content (AvgIpc) is 2.77. The first-order valence-corrected chi connectivity index (χ1v) is 5.50. The average molecular weight is 225 g/mol. The highest BCUT2D eigenvalue weighted by atomic mass is 32.1. The van der Waals surface area contributed by atoms with Crippen LogP contribution in [0.4, 0.5) is 0 Å². The molecule has 1 unspecified atom stereocenters. The molecule has 0 aliphatic carbocycles. The number of aromatic nitrogens is 1. The van der Waals surface area contributed by atoms with Crippen molar-refractivity contribution in [2.75, 3.05) is 6.54 Å². The van der Waals surface area contributed by atoms with Crippen LogP contribution in [-0.4, -0.2) is 28.2 Å². The van der Waals surface area contributed by atoms with Gasteiger partial charge in [-0.1, -0.05) is 0 Å². The second-order valence-electron chi connectivity index (χ2n) is 3.50. The third-order valence-corrected chi connectivity index (χ3v) is 3.19. The summed E-state index contributed by atoms with van der Waals surface area (Å²) < 4.78 is 0. The Balaban J connectivity index is 2.00. The molecule has 2 amide bonds. The standard InChI is InChI=1S/C9H11N3O2S/c10-9(14)6-3-8(13)12(4-6)5-7-11-1-2-15-7/h1-2,6H,3-5H2,(H2,10,14). The van der Waals surface area contributed by atoms with Crippen LogP contribution in [0.25, 0.3) is 0 Å². The number of carbonyl (C=O) groups is 2. The fourth-order valence-electron chi connectivity index (χ4n) is 1.61. The van der Waals surface area contributed by atoms with Crippen molar-refractivity contribution in [3.8, 4) is 0 Å².